The van der Waals surface area contributed by atoms with Gasteiger partial charge in [-0.05, 0) is 19.9 Å². The van der Waals surface area contributed by atoms with E-state index in [0.717, 1.165) is 23.4 Å². The maximum absolute atomic E-state index is 5.50. The van der Waals surface area contributed by atoms with Crippen molar-refractivity contribution in [1.82, 2.24) is 20.2 Å². The number of rotatable bonds is 4. The molecule has 0 radical (unpaired) electrons. The van der Waals surface area contributed by atoms with Crippen molar-refractivity contribution in [2.24, 2.45) is 0 Å². The summed E-state index contributed by atoms with van der Waals surface area (Å²) in [5, 5.41) is 10.6. The highest BCUT2D eigenvalue weighted by molar-refractivity contribution is 5.60. The Morgan fingerprint density at radius 2 is 1.92 bits per heavy atom. The number of nitrogens with zero attached hydrogens (tertiary/aromatic N) is 3. The van der Waals surface area contributed by atoms with Crippen molar-refractivity contribution in [3.05, 3.63) is 65.7 Å². The van der Waals surface area contributed by atoms with Crippen LogP contribution in [0, 0.1) is 13.8 Å². The van der Waals surface area contributed by atoms with E-state index in [-0.39, 0.29) is 6.10 Å². The summed E-state index contributed by atoms with van der Waals surface area (Å²) in [5.41, 5.74) is 4.04. The minimum absolute atomic E-state index is 0.0123. The lowest BCUT2D eigenvalue weighted by molar-refractivity contribution is 0.169. The van der Waals surface area contributed by atoms with E-state index in [1.54, 1.807) is 6.26 Å². The van der Waals surface area contributed by atoms with Crippen molar-refractivity contribution < 1.29 is 4.74 Å². The van der Waals surface area contributed by atoms with Crippen LogP contribution in [0.2, 0.25) is 0 Å². The molecule has 126 valence electrons. The number of anilines is 2. The van der Waals surface area contributed by atoms with Gasteiger partial charge < -0.3 is 10.1 Å². The molecule has 1 atom stereocenters. The number of hydrogen-bond acceptors (Lipinski definition) is 5. The van der Waals surface area contributed by atoms with Crippen LogP contribution in [0.25, 0.3) is 11.4 Å². The number of nitrogens with one attached hydrogen (secondary N) is 2. The molecule has 25 heavy (non-hydrogen) atoms. The zero-order valence-corrected chi connectivity index (χ0v) is 14.2. The standard InChI is InChI=1S/C19H19N5O/c1-12-5-7-14(8-6-12)19-20-13(2)10-17(22-19)21-18-11-15(23-24-18)16-4-3-9-25-16/h3,5-11,16H,4H2,1-2H3,(H2,20,21,22,23,24). The van der Waals surface area contributed by atoms with Gasteiger partial charge in [0.25, 0.3) is 0 Å². The lowest BCUT2D eigenvalue weighted by Gasteiger charge is -2.07. The SMILES string of the molecule is Cc1ccc(-c2nc(C)cc(Nc3cc(C4CC=CO4)[nH]n3)n2)cc1. The number of aryl methyl sites for hydroxylation is 2. The first-order chi connectivity index (χ1) is 12.2. The van der Waals surface area contributed by atoms with Gasteiger partial charge in [-0.15, -0.1) is 0 Å². The Hall–Kier alpha value is -3.15. The molecule has 6 nitrogen and oxygen atoms in total. The highest BCUT2D eigenvalue weighted by atomic mass is 16.5. The highest BCUT2D eigenvalue weighted by Crippen LogP contribution is 2.27. The van der Waals surface area contributed by atoms with Crippen LogP contribution in [0.15, 0.2) is 48.7 Å². The highest BCUT2D eigenvalue weighted by Gasteiger charge is 2.17. The minimum atomic E-state index is 0.0123. The van der Waals surface area contributed by atoms with Gasteiger partial charge in [0, 0.05) is 29.8 Å². The summed E-state index contributed by atoms with van der Waals surface area (Å²) in [7, 11) is 0. The van der Waals surface area contributed by atoms with Crippen molar-refractivity contribution in [3.63, 3.8) is 0 Å². The molecular weight excluding hydrogens is 314 g/mol. The van der Waals surface area contributed by atoms with Crippen molar-refractivity contribution >= 4 is 11.6 Å². The monoisotopic (exact) mass is 333 g/mol. The molecule has 3 aromatic rings. The molecule has 0 spiro atoms. The van der Waals surface area contributed by atoms with E-state index in [2.05, 4.69) is 44.5 Å². The van der Waals surface area contributed by atoms with E-state index in [1.807, 2.05) is 37.3 Å². The van der Waals surface area contributed by atoms with Crippen molar-refractivity contribution in [1.29, 1.82) is 0 Å². The normalized spacial score (nSPS) is 16.0. The van der Waals surface area contributed by atoms with Gasteiger partial charge in [0.15, 0.2) is 11.6 Å². The van der Waals surface area contributed by atoms with E-state index in [0.29, 0.717) is 17.5 Å². The van der Waals surface area contributed by atoms with Crippen LogP contribution in [0.5, 0.6) is 0 Å². The lowest BCUT2D eigenvalue weighted by atomic mass is 10.1. The van der Waals surface area contributed by atoms with E-state index in [4.69, 9.17) is 4.74 Å². The van der Waals surface area contributed by atoms with Crippen LogP contribution < -0.4 is 5.32 Å². The van der Waals surface area contributed by atoms with Crippen LogP contribution in [0.4, 0.5) is 11.6 Å². The van der Waals surface area contributed by atoms with Gasteiger partial charge >= 0.3 is 0 Å². The first-order valence-corrected chi connectivity index (χ1v) is 8.23. The van der Waals surface area contributed by atoms with E-state index < -0.39 is 0 Å². The van der Waals surface area contributed by atoms with Crippen molar-refractivity contribution in [2.75, 3.05) is 5.32 Å². The third-order valence-corrected chi connectivity index (χ3v) is 4.05. The lowest BCUT2D eigenvalue weighted by Crippen LogP contribution is -1.99. The maximum Gasteiger partial charge on any atom is 0.161 e. The molecule has 0 bridgehead atoms. The van der Waals surface area contributed by atoms with E-state index >= 15 is 0 Å². The largest absolute Gasteiger partial charge is 0.492 e. The summed E-state index contributed by atoms with van der Waals surface area (Å²) in [6.45, 7) is 4.02. The smallest absolute Gasteiger partial charge is 0.161 e. The second-order valence-corrected chi connectivity index (χ2v) is 6.15. The molecule has 0 amide bonds. The molecule has 6 heteroatoms. The molecule has 4 rings (SSSR count). The van der Waals surface area contributed by atoms with Crippen molar-refractivity contribution in [3.8, 4) is 11.4 Å². The van der Waals surface area contributed by atoms with Crippen LogP contribution in [-0.4, -0.2) is 20.2 Å². The van der Waals surface area contributed by atoms with Crippen molar-refractivity contribution in [2.45, 2.75) is 26.4 Å². The molecule has 1 aromatic carbocycles. The molecule has 0 fully saturated rings. The zero-order valence-electron chi connectivity index (χ0n) is 14.2. The Morgan fingerprint density at radius 1 is 1.08 bits per heavy atom. The quantitative estimate of drug-likeness (QED) is 0.748. The number of benzene rings is 1. The second kappa shape index (κ2) is 6.39. The van der Waals surface area contributed by atoms with Gasteiger partial charge in [0.1, 0.15) is 11.9 Å². The van der Waals surface area contributed by atoms with Gasteiger partial charge in [-0.2, -0.15) is 5.10 Å². The van der Waals surface area contributed by atoms with Gasteiger partial charge in [-0.3, -0.25) is 5.10 Å². The number of hydrogen-bond donors (Lipinski definition) is 2. The Balaban J connectivity index is 1.57. The maximum atomic E-state index is 5.50. The van der Waals surface area contributed by atoms with Gasteiger partial charge in [0.05, 0.1) is 12.0 Å². The molecule has 2 N–H and O–H groups in total. The van der Waals surface area contributed by atoms with Gasteiger partial charge in [-0.25, -0.2) is 9.97 Å². The predicted molar refractivity (Wildman–Crippen MR) is 96.4 cm³/mol. The fourth-order valence-corrected chi connectivity index (χ4v) is 2.75. The average molecular weight is 333 g/mol. The summed E-state index contributed by atoms with van der Waals surface area (Å²) >= 11 is 0. The fraction of sp³-hybridized carbons (Fsp3) is 0.211. The Labute approximate surface area is 146 Å². The molecule has 0 saturated carbocycles. The van der Waals surface area contributed by atoms with Gasteiger partial charge in [0.2, 0.25) is 0 Å². The number of H-pyrrole nitrogens is 1. The molecular formula is C19H19N5O. The summed E-state index contributed by atoms with van der Waals surface area (Å²) in [4.78, 5) is 9.15. The van der Waals surface area contributed by atoms with Crippen LogP contribution in [-0.2, 0) is 4.74 Å². The van der Waals surface area contributed by atoms with E-state index in [1.165, 1.54) is 5.56 Å². The molecule has 0 saturated heterocycles. The third-order valence-electron chi connectivity index (χ3n) is 4.05. The van der Waals surface area contributed by atoms with E-state index in [9.17, 15) is 0 Å². The topological polar surface area (TPSA) is 75.7 Å². The summed E-state index contributed by atoms with van der Waals surface area (Å²) in [5.74, 6) is 2.12. The minimum Gasteiger partial charge on any atom is -0.492 e. The molecule has 1 aliphatic heterocycles. The van der Waals surface area contributed by atoms with Crippen LogP contribution in [0.3, 0.4) is 0 Å². The van der Waals surface area contributed by atoms with Crippen LogP contribution >= 0.6 is 0 Å². The van der Waals surface area contributed by atoms with Crippen LogP contribution in [0.1, 0.15) is 29.5 Å². The number of aromatic amines is 1. The third kappa shape index (κ3) is 3.38. The Morgan fingerprint density at radius 3 is 2.68 bits per heavy atom. The molecule has 1 aliphatic rings. The summed E-state index contributed by atoms with van der Waals surface area (Å²) in [6, 6.07) is 12.0. The molecule has 1 unspecified atom stereocenters. The first kappa shape index (κ1) is 15.4. The molecule has 3 heterocycles. The summed E-state index contributed by atoms with van der Waals surface area (Å²) < 4.78 is 5.50. The Kier molecular flexibility index (Phi) is 3.93. The predicted octanol–water partition coefficient (Wildman–Crippen LogP) is 4.20. The fourth-order valence-electron chi connectivity index (χ4n) is 2.75. The second-order valence-electron chi connectivity index (χ2n) is 6.15. The number of aromatic nitrogens is 4. The Bertz CT molecular complexity index is 906. The molecule has 2 aromatic heterocycles. The number of ether oxygens (including phenoxy) is 1. The first-order valence-electron chi connectivity index (χ1n) is 8.23. The van der Waals surface area contributed by atoms with Gasteiger partial charge in [-0.1, -0.05) is 29.8 Å². The average Bonchev–Trinajstić information content (AvgIpc) is 3.26. The zero-order chi connectivity index (χ0) is 17.2. The molecule has 0 aliphatic carbocycles. The summed E-state index contributed by atoms with van der Waals surface area (Å²) in [6.07, 6.45) is 4.59.